The van der Waals surface area contributed by atoms with Gasteiger partial charge in [-0.25, -0.2) is 13.8 Å². The summed E-state index contributed by atoms with van der Waals surface area (Å²) in [5.74, 6) is -0.411. The van der Waals surface area contributed by atoms with Crippen LogP contribution in [-0.4, -0.2) is 4.98 Å². The average Bonchev–Trinajstić information content (AvgIpc) is 2.15. The lowest BCUT2D eigenvalue weighted by Gasteiger charge is -2.14. The third-order valence-electron chi connectivity index (χ3n) is 1.90. The summed E-state index contributed by atoms with van der Waals surface area (Å²) < 4.78 is 61.9. The van der Waals surface area contributed by atoms with Gasteiger partial charge in [0.2, 0.25) is 0 Å². The fourth-order valence-corrected chi connectivity index (χ4v) is 1.14. The maximum Gasteiger partial charge on any atom is 0.418 e. The average molecular weight is 241 g/mol. The normalized spacial score (nSPS) is 12.2. The van der Waals surface area contributed by atoms with Crippen LogP contribution in [0.5, 0.6) is 0 Å². The Morgan fingerprint density at radius 3 is 2.25 bits per heavy atom. The molecule has 16 heavy (non-hydrogen) atoms. The number of hydrogen-bond donors (Lipinski definition) is 2. The van der Waals surface area contributed by atoms with Crippen molar-refractivity contribution in [2.24, 2.45) is 5.73 Å². The van der Waals surface area contributed by atoms with Gasteiger partial charge in [-0.3, -0.25) is 0 Å². The summed E-state index contributed by atoms with van der Waals surface area (Å²) >= 11 is 0. The Kier molecular flexibility index (Phi) is 3.32. The molecule has 0 aromatic carbocycles. The number of nitrogens with two attached hydrogens (primary N) is 2. The van der Waals surface area contributed by atoms with Crippen LogP contribution < -0.4 is 11.5 Å². The number of anilines is 1. The topological polar surface area (TPSA) is 64.9 Å². The molecule has 3 nitrogen and oxygen atoms in total. The molecule has 0 unspecified atom stereocenters. The van der Waals surface area contributed by atoms with Crippen LogP contribution in [0.25, 0.3) is 0 Å². The smallest absolute Gasteiger partial charge is 0.383 e. The zero-order chi connectivity index (χ0) is 12.5. The van der Waals surface area contributed by atoms with Gasteiger partial charge in [0.05, 0.1) is 5.56 Å². The molecule has 1 rings (SSSR count). The molecule has 90 valence electrons. The van der Waals surface area contributed by atoms with Crippen LogP contribution in [0.3, 0.4) is 0 Å². The van der Waals surface area contributed by atoms with Gasteiger partial charge in [-0.05, 0) is 6.07 Å². The number of nitrogen functional groups attached to an aromatic ring is 1. The minimum atomic E-state index is -4.91. The number of alkyl halides is 5. The van der Waals surface area contributed by atoms with E-state index in [1.807, 2.05) is 0 Å². The third-order valence-corrected chi connectivity index (χ3v) is 1.90. The van der Waals surface area contributed by atoms with Gasteiger partial charge in [0.25, 0.3) is 6.43 Å². The van der Waals surface area contributed by atoms with Gasteiger partial charge >= 0.3 is 6.18 Å². The van der Waals surface area contributed by atoms with Crippen molar-refractivity contribution in [1.29, 1.82) is 0 Å². The standard InChI is InChI=1S/C8H8F5N3/c9-6(10)5-4(8(11,12)13)1-3(2-14)7(15)16-5/h1,6H,2,14H2,(H2,15,16). The van der Waals surface area contributed by atoms with E-state index >= 15 is 0 Å². The Bertz CT molecular complexity index is 388. The van der Waals surface area contributed by atoms with Crippen LogP contribution in [0.2, 0.25) is 0 Å². The molecule has 0 bridgehead atoms. The molecule has 0 aliphatic rings. The first-order valence-corrected chi connectivity index (χ1v) is 4.12. The Balaban J connectivity index is 3.43. The van der Waals surface area contributed by atoms with Crippen molar-refractivity contribution in [2.45, 2.75) is 19.1 Å². The quantitative estimate of drug-likeness (QED) is 0.779. The first kappa shape index (κ1) is 12.6. The summed E-state index contributed by atoms with van der Waals surface area (Å²) in [4.78, 5) is 3.04. The molecule has 0 aliphatic heterocycles. The molecule has 1 aromatic rings. The van der Waals surface area contributed by atoms with Crippen LogP contribution in [-0.2, 0) is 12.7 Å². The molecule has 0 amide bonds. The first-order chi connectivity index (χ1) is 7.27. The van der Waals surface area contributed by atoms with E-state index in [2.05, 4.69) is 4.98 Å². The number of nitrogens with zero attached hydrogens (tertiary/aromatic N) is 1. The zero-order valence-electron chi connectivity index (χ0n) is 7.85. The first-order valence-electron chi connectivity index (χ1n) is 4.12. The van der Waals surface area contributed by atoms with E-state index in [-0.39, 0.29) is 12.1 Å². The van der Waals surface area contributed by atoms with Crippen LogP contribution in [0.1, 0.15) is 23.2 Å². The predicted octanol–water partition coefficient (Wildman–Crippen LogP) is 2.08. The second-order valence-electron chi connectivity index (χ2n) is 2.97. The molecule has 8 heteroatoms. The van der Waals surface area contributed by atoms with Gasteiger partial charge in [-0.1, -0.05) is 0 Å². The fraction of sp³-hybridized carbons (Fsp3) is 0.375. The molecule has 0 saturated heterocycles. The van der Waals surface area contributed by atoms with Crippen molar-refractivity contribution in [2.75, 3.05) is 5.73 Å². The Hall–Kier alpha value is -1.44. The number of rotatable bonds is 2. The second-order valence-corrected chi connectivity index (χ2v) is 2.97. The Morgan fingerprint density at radius 1 is 1.31 bits per heavy atom. The zero-order valence-corrected chi connectivity index (χ0v) is 7.85. The van der Waals surface area contributed by atoms with Gasteiger partial charge in [-0.2, -0.15) is 13.2 Å². The van der Waals surface area contributed by atoms with Gasteiger partial charge in [0.15, 0.2) is 0 Å². The summed E-state index contributed by atoms with van der Waals surface area (Å²) in [6, 6.07) is 0.504. The number of halogens is 5. The van der Waals surface area contributed by atoms with Crippen molar-refractivity contribution >= 4 is 5.82 Å². The van der Waals surface area contributed by atoms with E-state index in [4.69, 9.17) is 11.5 Å². The lowest BCUT2D eigenvalue weighted by atomic mass is 10.1. The van der Waals surface area contributed by atoms with Crippen molar-refractivity contribution in [1.82, 2.24) is 4.98 Å². The highest BCUT2D eigenvalue weighted by molar-refractivity contribution is 5.44. The lowest BCUT2D eigenvalue weighted by Crippen LogP contribution is -2.15. The molecule has 4 N–H and O–H groups in total. The van der Waals surface area contributed by atoms with Crippen molar-refractivity contribution in [3.8, 4) is 0 Å². The highest BCUT2D eigenvalue weighted by Crippen LogP contribution is 2.36. The Labute approximate surface area is 87.3 Å². The van der Waals surface area contributed by atoms with E-state index in [9.17, 15) is 22.0 Å². The monoisotopic (exact) mass is 241 g/mol. The molecule has 1 aromatic heterocycles. The predicted molar refractivity (Wildman–Crippen MR) is 46.5 cm³/mol. The maximum atomic E-state index is 12.4. The van der Waals surface area contributed by atoms with E-state index in [0.29, 0.717) is 6.07 Å². The van der Waals surface area contributed by atoms with Crippen LogP contribution in [0.4, 0.5) is 27.8 Å². The fourth-order valence-electron chi connectivity index (χ4n) is 1.14. The van der Waals surface area contributed by atoms with E-state index in [1.54, 1.807) is 0 Å². The van der Waals surface area contributed by atoms with Crippen molar-refractivity contribution in [3.63, 3.8) is 0 Å². The van der Waals surface area contributed by atoms with Crippen LogP contribution in [0.15, 0.2) is 6.07 Å². The number of hydrogen-bond acceptors (Lipinski definition) is 3. The van der Waals surface area contributed by atoms with Crippen molar-refractivity contribution in [3.05, 3.63) is 22.9 Å². The van der Waals surface area contributed by atoms with E-state index in [1.165, 1.54) is 0 Å². The largest absolute Gasteiger partial charge is 0.418 e. The summed E-state index contributed by atoms with van der Waals surface area (Å²) in [6.07, 6.45) is -8.25. The van der Waals surface area contributed by atoms with Gasteiger partial charge < -0.3 is 11.5 Å². The van der Waals surface area contributed by atoms with Gasteiger partial charge in [0, 0.05) is 12.1 Å². The molecule has 0 saturated carbocycles. The number of aromatic nitrogens is 1. The van der Waals surface area contributed by atoms with E-state index < -0.39 is 29.7 Å². The molecule has 0 radical (unpaired) electrons. The molecule has 0 fully saturated rings. The minimum Gasteiger partial charge on any atom is -0.383 e. The highest BCUT2D eigenvalue weighted by atomic mass is 19.4. The molecular weight excluding hydrogens is 233 g/mol. The number of pyridine rings is 1. The SMILES string of the molecule is NCc1cc(C(F)(F)F)c(C(F)F)nc1N. The molecule has 0 aliphatic carbocycles. The lowest BCUT2D eigenvalue weighted by molar-refractivity contribution is -0.140. The summed E-state index contributed by atoms with van der Waals surface area (Å²) in [5.41, 5.74) is 7.31. The van der Waals surface area contributed by atoms with Crippen LogP contribution in [0, 0.1) is 0 Å². The molecule has 1 heterocycles. The summed E-state index contributed by atoms with van der Waals surface area (Å²) in [7, 11) is 0. The molecule has 0 spiro atoms. The molecule has 0 atom stereocenters. The third kappa shape index (κ3) is 2.38. The van der Waals surface area contributed by atoms with Gasteiger partial charge in [-0.15, -0.1) is 0 Å². The Morgan fingerprint density at radius 2 is 1.88 bits per heavy atom. The van der Waals surface area contributed by atoms with Crippen molar-refractivity contribution < 1.29 is 22.0 Å². The summed E-state index contributed by atoms with van der Waals surface area (Å²) in [6.45, 7) is -0.300. The molecular formula is C8H8F5N3. The maximum absolute atomic E-state index is 12.4. The van der Waals surface area contributed by atoms with Crippen LogP contribution >= 0.6 is 0 Å². The summed E-state index contributed by atoms with van der Waals surface area (Å²) in [5, 5.41) is 0. The van der Waals surface area contributed by atoms with Gasteiger partial charge in [0.1, 0.15) is 11.5 Å². The minimum absolute atomic E-state index is 0.114. The van der Waals surface area contributed by atoms with E-state index in [0.717, 1.165) is 0 Å². The highest BCUT2D eigenvalue weighted by Gasteiger charge is 2.37. The second kappa shape index (κ2) is 4.20.